The van der Waals surface area contributed by atoms with Gasteiger partial charge in [-0.05, 0) is 24.3 Å². The number of ether oxygens (including phenoxy) is 1. The molecule has 0 bridgehead atoms. The van der Waals surface area contributed by atoms with Crippen LogP contribution >= 0.6 is 0 Å². The monoisotopic (exact) mass is 351 g/mol. The molecule has 1 aliphatic rings. The van der Waals surface area contributed by atoms with E-state index in [1.165, 1.54) is 23.1 Å². The van der Waals surface area contributed by atoms with Crippen molar-refractivity contribution < 1.29 is 22.7 Å². The van der Waals surface area contributed by atoms with Crippen LogP contribution in [0.25, 0.3) is 0 Å². The SMILES string of the molecule is Nc1cccc(C2CN(C(=O)c3ccccc3C(F)(F)F)CCO2)n1. The predicted molar refractivity (Wildman–Crippen MR) is 84.7 cm³/mol. The summed E-state index contributed by atoms with van der Waals surface area (Å²) >= 11 is 0. The Bertz CT molecular complexity index is 780. The highest BCUT2D eigenvalue weighted by molar-refractivity contribution is 5.96. The number of anilines is 1. The van der Waals surface area contributed by atoms with Gasteiger partial charge in [-0.1, -0.05) is 18.2 Å². The van der Waals surface area contributed by atoms with Gasteiger partial charge >= 0.3 is 6.18 Å². The van der Waals surface area contributed by atoms with Gasteiger partial charge in [0.1, 0.15) is 11.9 Å². The molecular weight excluding hydrogens is 335 g/mol. The van der Waals surface area contributed by atoms with Crippen molar-refractivity contribution in [2.75, 3.05) is 25.4 Å². The van der Waals surface area contributed by atoms with Crippen LogP contribution in [0, 0.1) is 0 Å². The topological polar surface area (TPSA) is 68.5 Å². The van der Waals surface area contributed by atoms with Crippen molar-refractivity contribution in [2.24, 2.45) is 0 Å². The number of pyridine rings is 1. The lowest BCUT2D eigenvalue weighted by Gasteiger charge is -2.33. The second kappa shape index (κ2) is 6.72. The van der Waals surface area contributed by atoms with Gasteiger partial charge in [-0.3, -0.25) is 4.79 Å². The Morgan fingerprint density at radius 2 is 1.96 bits per heavy atom. The summed E-state index contributed by atoms with van der Waals surface area (Å²) in [5.74, 6) is -0.364. The number of nitrogen functional groups attached to an aromatic ring is 1. The number of aromatic nitrogens is 1. The maximum atomic E-state index is 13.1. The third-order valence-corrected chi connectivity index (χ3v) is 3.94. The normalized spacial score (nSPS) is 18.2. The number of halogens is 3. The highest BCUT2D eigenvalue weighted by Gasteiger charge is 2.37. The molecule has 3 rings (SSSR count). The third kappa shape index (κ3) is 3.74. The molecule has 0 aliphatic carbocycles. The van der Waals surface area contributed by atoms with Crippen molar-refractivity contribution in [3.8, 4) is 0 Å². The summed E-state index contributed by atoms with van der Waals surface area (Å²) in [6, 6.07) is 9.81. The lowest BCUT2D eigenvalue weighted by atomic mass is 10.0. The Kier molecular flexibility index (Phi) is 4.63. The predicted octanol–water partition coefficient (Wildman–Crippen LogP) is 2.90. The number of rotatable bonds is 2. The van der Waals surface area contributed by atoms with Crippen LogP contribution in [0.15, 0.2) is 42.5 Å². The molecule has 8 heteroatoms. The third-order valence-electron chi connectivity index (χ3n) is 3.94. The Morgan fingerprint density at radius 3 is 2.68 bits per heavy atom. The lowest BCUT2D eigenvalue weighted by molar-refractivity contribution is -0.138. The van der Waals surface area contributed by atoms with E-state index in [0.717, 1.165) is 6.07 Å². The number of carbonyl (C=O) groups is 1. The molecule has 132 valence electrons. The zero-order valence-electron chi connectivity index (χ0n) is 13.2. The van der Waals surface area contributed by atoms with Gasteiger partial charge in [0.05, 0.1) is 30.0 Å². The van der Waals surface area contributed by atoms with Crippen LogP contribution in [0.5, 0.6) is 0 Å². The highest BCUT2D eigenvalue weighted by atomic mass is 19.4. The van der Waals surface area contributed by atoms with Crippen molar-refractivity contribution in [1.29, 1.82) is 0 Å². The van der Waals surface area contributed by atoms with Gasteiger partial charge in [0, 0.05) is 6.54 Å². The fourth-order valence-electron chi connectivity index (χ4n) is 2.75. The number of benzene rings is 1. The van der Waals surface area contributed by atoms with Gasteiger partial charge in [-0.2, -0.15) is 13.2 Å². The molecule has 2 N–H and O–H groups in total. The number of nitrogens with two attached hydrogens (primary N) is 1. The fourth-order valence-corrected chi connectivity index (χ4v) is 2.75. The van der Waals surface area contributed by atoms with E-state index in [1.807, 2.05) is 0 Å². The number of morpholine rings is 1. The molecule has 2 heterocycles. The molecule has 1 atom stereocenters. The zero-order chi connectivity index (χ0) is 18.0. The van der Waals surface area contributed by atoms with Crippen molar-refractivity contribution in [1.82, 2.24) is 9.88 Å². The molecule has 2 aromatic rings. The van der Waals surface area contributed by atoms with E-state index < -0.39 is 23.8 Å². The van der Waals surface area contributed by atoms with Crippen LogP contribution < -0.4 is 5.73 Å². The summed E-state index contributed by atoms with van der Waals surface area (Å²) in [5, 5.41) is 0. The number of nitrogens with zero attached hydrogens (tertiary/aromatic N) is 2. The molecule has 1 aliphatic heterocycles. The Hall–Kier alpha value is -2.61. The standard InChI is InChI=1S/C17H16F3N3O2/c18-17(19,20)12-5-2-1-4-11(12)16(24)23-8-9-25-14(10-23)13-6-3-7-15(21)22-13/h1-7,14H,8-10H2,(H2,21,22). The molecule has 0 spiro atoms. The van der Waals surface area contributed by atoms with Crippen molar-refractivity contribution in [3.63, 3.8) is 0 Å². The van der Waals surface area contributed by atoms with Gasteiger partial charge < -0.3 is 15.4 Å². The van der Waals surface area contributed by atoms with Gasteiger partial charge in [-0.15, -0.1) is 0 Å². The minimum atomic E-state index is -4.59. The second-order valence-electron chi connectivity index (χ2n) is 5.64. The number of hydrogen-bond donors (Lipinski definition) is 1. The summed E-state index contributed by atoms with van der Waals surface area (Å²) in [4.78, 5) is 18.1. The van der Waals surface area contributed by atoms with E-state index in [4.69, 9.17) is 10.5 Å². The smallest absolute Gasteiger partial charge is 0.384 e. The average molecular weight is 351 g/mol. The summed E-state index contributed by atoms with van der Waals surface area (Å²) in [6.07, 6.45) is -5.12. The first-order valence-electron chi connectivity index (χ1n) is 7.66. The molecule has 0 radical (unpaired) electrons. The first-order valence-corrected chi connectivity index (χ1v) is 7.66. The van der Waals surface area contributed by atoms with Crippen LogP contribution in [0.3, 0.4) is 0 Å². The first kappa shape index (κ1) is 17.2. The molecular formula is C17H16F3N3O2. The summed E-state index contributed by atoms with van der Waals surface area (Å²) in [7, 11) is 0. The van der Waals surface area contributed by atoms with Gasteiger partial charge in [0.25, 0.3) is 5.91 Å². The molecule has 25 heavy (non-hydrogen) atoms. The summed E-state index contributed by atoms with van der Waals surface area (Å²) in [5.41, 5.74) is 4.89. The van der Waals surface area contributed by atoms with Crippen molar-refractivity contribution in [2.45, 2.75) is 12.3 Å². The van der Waals surface area contributed by atoms with Crippen molar-refractivity contribution in [3.05, 3.63) is 59.3 Å². The van der Waals surface area contributed by atoms with Crippen LogP contribution in [0.2, 0.25) is 0 Å². The van der Waals surface area contributed by atoms with Crippen molar-refractivity contribution >= 4 is 11.7 Å². The van der Waals surface area contributed by atoms with Crippen LogP contribution in [0.4, 0.5) is 19.0 Å². The molecule has 1 aromatic heterocycles. The number of alkyl halides is 3. The van der Waals surface area contributed by atoms with Crippen LogP contribution in [-0.2, 0) is 10.9 Å². The molecule has 1 fully saturated rings. The second-order valence-corrected chi connectivity index (χ2v) is 5.64. The minimum absolute atomic E-state index is 0.113. The number of amides is 1. The van der Waals surface area contributed by atoms with E-state index in [1.54, 1.807) is 18.2 Å². The molecule has 5 nitrogen and oxygen atoms in total. The largest absolute Gasteiger partial charge is 0.417 e. The molecule has 0 saturated carbocycles. The molecule has 1 amide bonds. The lowest BCUT2D eigenvalue weighted by Crippen LogP contribution is -2.43. The van der Waals surface area contributed by atoms with E-state index in [2.05, 4.69) is 4.98 Å². The molecule has 1 unspecified atom stereocenters. The van der Waals surface area contributed by atoms with Crippen LogP contribution in [-0.4, -0.2) is 35.5 Å². The first-order chi connectivity index (χ1) is 11.9. The van der Waals surface area contributed by atoms with Crippen LogP contribution in [0.1, 0.15) is 27.7 Å². The Labute approximate surface area is 142 Å². The number of hydrogen-bond acceptors (Lipinski definition) is 4. The van der Waals surface area contributed by atoms with E-state index in [9.17, 15) is 18.0 Å². The van der Waals surface area contributed by atoms with Gasteiger partial charge in [0.15, 0.2) is 0 Å². The quantitative estimate of drug-likeness (QED) is 0.903. The van der Waals surface area contributed by atoms with Gasteiger partial charge in [0.2, 0.25) is 0 Å². The fraction of sp³-hybridized carbons (Fsp3) is 0.294. The van der Waals surface area contributed by atoms with Gasteiger partial charge in [-0.25, -0.2) is 4.98 Å². The summed E-state index contributed by atoms with van der Waals surface area (Å²) < 4.78 is 45.0. The maximum absolute atomic E-state index is 13.1. The maximum Gasteiger partial charge on any atom is 0.417 e. The molecule has 1 aromatic carbocycles. The van der Waals surface area contributed by atoms with E-state index >= 15 is 0 Å². The highest BCUT2D eigenvalue weighted by Crippen LogP contribution is 2.33. The van der Waals surface area contributed by atoms with E-state index in [-0.39, 0.29) is 25.3 Å². The average Bonchev–Trinajstić information content (AvgIpc) is 2.60. The summed E-state index contributed by atoms with van der Waals surface area (Å²) in [6.45, 7) is 0.534. The van der Waals surface area contributed by atoms with E-state index in [0.29, 0.717) is 11.5 Å². The Balaban J connectivity index is 1.84. The molecule has 1 saturated heterocycles. The zero-order valence-corrected chi connectivity index (χ0v) is 13.2. The minimum Gasteiger partial charge on any atom is -0.384 e. The Morgan fingerprint density at radius 1 is 1.20 bits per heavy atom. The number of carbonyl (C=O) groups excluding carboxylic acids is 1.